The lowest BCUT2D eigenvalue weighted by atomic mass is 10.2. The second-order valence-corrected chi connectivity index (χ2v) is 5.05. The van der Waals surface area contributed by atoms with Crippen LogP contribution >= 0.6 is 0 Å². The van der Waals surface area contributed by atoms with Crippen molar-refractivity contribution in [1.82, 2.24) is 9.88 Å². The van der Waals surface area contributed by atoms with E-state index in [1.54, 1.807) is 17.2 Å². The predicted octanol–water partition coefficient (Wildman–Crippen LogP) is 2.00. The predicted molar refractivity (Wildman–Crippen MR) is 88.9 cm³/mol. The smallest absolute Gasteiger partial charge is 0.246 e. The van der Waals surface area contributed by atoms with Gasteiger partial charge in [-0.3, -0.25) is 14.6 Å². The lowest BCUT2D eigenvalue weighted by molar-refractivity contribution is -0.127. The summed E-state index contributed by atoms with van der Waals surface area (Å²) in [5.74, 6) is -0.606. The quantitative estimate of drug-likeness (QED) is 0.795. The summed E-state index contributed by atoms with van der Waals surface area (Å²) >= 11 is 0. The van der Waals surface area contributed by atoms with Crippen molar-refractivity contribution in [3.63, 3.8) is 0 Å². The van der Waals surface area contributed by atoms with Crippen LogP contribution in [0.1, 0.15) is 17.7 Å². The first-order valence-corrected chi connectivity index (χ1v) is 7.35. The number of hydrogen-bond donors (Lipinski definition) is 1. The molecule has 0 saturated carbocycles. The lowest BCUT2D eigenvalue weighted by Gasteiger charge is -2.20. The summed E-state index contributed by atoms with van der Waals surface area (Å²) in [6.45, 7) is 0.717. The number of nitrogens with two attached hydrogens (primary N) is 1. The molecule has 0 aliphatic carbocycles. The van der Waals surface area contributed by atoms with E-state index in [1.165, 1.54) is 6.08 Å². The fourth-order valence-corrected chi connectivity index (χ4v) is 2.05. The zero-order valence-corrected chi connectivity index (χ0v) is 12.8. The Bertz CT molecular complexity index is 669. The summed E-state index contributed by atoms with van der Waals surface area (Å²) < 4.78 is 0. The number of amides is 2. The molecule has 0 saturated heterocycles. The Balaban J connectivity index is 2.07. The minimum Gasteiger partial charge on any atom is -0.370 e. The molecule has 0 radical (unpaired) electrons. The average molecular weight is 309 g/mol. The van der Waals surface area contributed by atoms with Crippen molar-refractivity contribution in [3.8, 4) is 0 Å². The molecule has 0 bridgehead atoms. The Morgan fingerprint density at radius 1 is 1.09 bits per heavy atom. The minimum absolute atomic E-state index is 0.135. The van der Waals surface area contributed by atoms with Gasteiger partial charge in [0.15, 0.2) is 0 Å². The molecule has 23 heavy (non-hydrogen) atoms. The van der Waals surface area contributed by atoms with Crippen LogP contribution < -0.4 is 5.73 Å². The van der Waals surface area contributed by atoms with E-state index in [9.17, 15) is 9.59 Å². The van der Waals surface area contributed by atoms with E-state index in [1.807, 2.05) is 48.5 Å². The third kappa shape index (κ3) is 5.74. The third-order valence-electron chi connectivity index (χ3n) is 3.24. The first-order chi connectivity index (χ1) is 11.1. The zero-order chi connectivity index (χ0) is 16.5. The Kier molecular flexibility index (Phi) is 6.06. The van der Waals surface area contributed by atoms with E-state index >= 15 is 0 Å². The van der Waals surface area contributed by atoms with Crippen LogP contribution in [0, 0.1) is 0 Å². The highest BCUT2D eigenvalue weighted by atomic mass is 16.2. The highest BCUT2D eigenvalue weighted by Gasteiger charge is 2.12. The highest BCUT2D eigenvalue weighted by molar-refractivity contribution is 5.91. The Morgan fingerprint density at radius 3 is 2.48 bits per heavy atom. The molecule has 0 unspecified atom stereocenters. The van der Waals surface area contributed by atoms with Crippen molar-refractivity contribution >= 4 is 17.9 Å². The van der Waals surface area contributed by atoms with E-state index in [4.69, 9.17) is 5.73 Å². The normalized spacial score (nSPS) is 10.6. The number of aromatic nitrogens is 1. The van der Waals surface area contributed by atoms with Crippen molar-refractivity contribution in [2.24, 2.45) is 5.73 Å². The molecule has 1 aromatic heterocycles. The summed E-state index contributed by atoms with van der Waals surface area (Å²) in [6, 6.07) is 15.1. The van der Waals surface area contributed by atoms with Crippen molar-refractivity contribution in [1.29, 1.82) is 0 Å². The first kappa shape index (κ1) is 16.4. The van der Waals surface area contributed by atoms with Gasteiger partial charge >= 0.3 is 0 Å². The minimum atomic E-state index is -0.426. The molecule has 1 heterocycles. The summed E-state index contributed by atoms with van der Waals surface area (Å²) in [5, 5.41) is 0. The second-order valence-electron chi connectivity index (χ2n) is 5.05. The maximum Gasteiger partial charge on any atom is 0.246 e. The Labute approximate surface area is 135 Å². The van der Waals surface area contributed by atoms with Gasteiger partial charge in [-0.2, -0.15) is 0 Å². The molecule has 2 rings (SSSR count). The number of benzene rings is 1. The molecule has 0 spiro atoms. The van der Waals surface area contributed by atoms with Crippen LogP contribution in [-0.2, 0) is 16.1 Å². The van der Waals surface area contributed by atoms with Gasteiger partial charge in [-0.15, -0.1) is 0 Å². The lowest BCUT2D eigenvalue weighted by Crippen LogP contribution is -2.32. The van der Waals surface area contributed by atoms with Gasteiger partial charge in [-0.05, 0) is 23.8 Å². The van der Waals surface area contributed by atoms with Gasteiger partial charge < -0.3 is 10.6 Å². The molecule has 0 atom stereocenters. The molecule has 0 fully saturated rings. The fraction of sp³-hybridized carbons (Fsp3) is 0.167. The molecule has 2 aromatic rings. The molecular formula is C18H19N3O2. The Morgan fingerprint density at radius 2 is 1.83 bits per heavy atom. The molecular weight excluding hydrogens is 290 g/mol. The van der Waals surface area contributed by atoms with E-state index in [0.717, 1.165) is 5.56 Å². The zero-order valence-electron chi connectivity index (χ0n) is 12.8. The molecule has 0 aliphatic rings. The number of carbonyl (C=O) groups is 2. The van der Waals surface area contributed by atoms with Gasteiger partial charge in [0.2, 0.25) is 11.8 Å². The molecule has 0 aliphatic heterocycles. The third-order valence-corrected chi connectivity index (χ3v) is 3.24. The summed E-state index contributed by atoms with van der Waals surface area (Å²) in [5.41, 5.74) is 6.90. The number of carbonyl (C=O) groups excluding carboxylic acids is 2. The average Bonchev–Trinajstić information content (AvgIpc) is 2.58. The van der Waals surface area contributed by atoms with Gasteiger partial charge in [0, 0.05) is 31.8 Å². The van der Waals surface area contributed by atoms with Gasteiger partial charge in [-0.25, -0.2) is 0 Å². The van der Waals surface area contributed by atoms with E-state index in [0.29, 0.717) is 12.2 Å². The summed E-state index contributed by atoms with van der Waals surface area (Å²) in [6.07, 6.45) is 4.92. The van der Waals surface area contributed by atoms with Crippen molar-refractivity contribution < 1.29 is 9.59 Å². The SMILES string of the molecule is NC(=O)CCN(Cc1ccccc1)C(=O)/C=C\c1ccccn1. The monoisotopic (exact) mass is 309 g/mol. The highest BCUT2D eigenvalue weighted by Crippen LogP contribution is 2.07. The maximum absolute atomic E-state index is 12.4. The van der Waals surface area contributed by atoms with E-state index < -0.39 is 5.91 Å². The van der Waals surface area contributed by atoms with Crippen LogP contribution in [0.15, 0.2) is 60.8 Å². The van der Waals surface area contributed by atoms with Crippen LogP contribution in [0.25, 0.3) is 6.08 Å². The molecule has 118 valence electrons. The van der Waals surface area contributed by atoms with Crippen molar-refractivity contribution in [2.75, 3.05) is 6.54 Å². The van der Waals surface area contributed by atoms with Crippen LogP contribution in [0.3, 0.4) is 0 Å². The Hall–Kier alpha value is -2.95. The number of hydrogen-bond acceptors (Lipinski definition) is 3. The van der Waals surface area contributed by atoms with Gasteiger partial charge in [0.25, 0.3) is 0 Å². The van der Waals surface area contributed by atoms with Crippen LogP contribution in [0.4, 0.5) is 0 Å². The van der Waals surface area contributed by atoms with Crippen LogP contribution in [0.2, 0.25) is 0 Å². The summed E-state index contributed by atoms with van der Waals surface area (Å²) in [4.78, 5) is 29.1. The number of nitrogens with zero attached hydrogens (tertiary/aromatic N) is 2. The number of pyridine rings is 1. The molecule has 2 N–H and O–H groups in total. The molecule has 2 amide bonds. The molecule has 1 aromatic carbocycles. The van der Waals surface area contributed by atoms with Crippen LogP contribution in [0.5, 0.6) is 0 Å². The second kappa shape index (κ2) is 8.48. The largest absolute Gasteiger partial charge is 0.370 e. The maximum atomic E-state index is 12.4. The van der Waals surface area contributed by atoms with Crippen LogP contribution in [-0.4, -0.2) is 28.2 Å². The van der Waals surface area contributed by atoms with Gasteiger partial charge in [0.1, 0.15) is 0 Å². The molecule has 5 nitrogen and oxygen atoms in total. The number of primary amides is 1. The van der Waals surface area contributed by atoms with E-state index in [2.05, 4.69) is 4.98 Å². The van der Waals surface area contributed by atoms with Crippen molar-refractivity contribution in [3.05, 3.63) is 72.1 Å². The topological polar surface area (TPSA) is 76.3 Å². The summed E-state index contributed by atoms with van der Waals surface area (Å²) in [7, 11) is 0. The van der Waals surface area contributed by atoms with Crippen molar-refractivity contribution in [2.45, 2.75) is 13.0 Å². The fourth-order valence-electron chi connectivity index (χ4n) is 2.05. The standard InChI is InChI=1S/C18H19N3O2/c19-17(22)11-13-21(14-15-6-2-1-3-7-15)18(23)10-9-16-8-4-5-12-20-16/h1-10,12H,11,13-14H2,(H2,19,22)/b10-9-. The van der Waals surface area contributed by atoms with Gasteiger partial charge in [0.05, 0.1) is 5.69 Å². The first-order valence-electron chi connectivity index (χ1n) is 7.35. The molecule has 5 heteroatoms. The van der Waals surface area contributed by atoms with Gasteiger partial charge in [-0.1, -0.05) is 36.4 Å². The van der Waals surface area contributed by atoms with E-state index in [-0.39, 0.29) is 18.9 Å². The number of rotatable bonds is 7.